The molecule has 24 heavy (non-hydrogen) atoms. The van der Waals surface area contributed by atoms with Crippen LogP contribution in [0, 0.1) is 5.92 Å². The summed E-state index contributed by atoms with van der Waals surface area (Å²) in [5, 5.41) is 0. The van der Waals surface area contributed by atoms with Crippen LogP contribution in [-0.4, -0.2) is 55.4 Å². The van der Waals surface area contributed by atoms with Crippen molar-refractivity contribution in [1.29, 1.82) is 0 Å². The number of hydrogen-bond donors (Lipinski definition) is 1. The summed E-state index contributed by atoms with van der Waals surface area (Å²) in [6.45, 7) is 3.53. The number of nitrogens with zero attached hydrogens (tertiary/aromatic N) is 2. The lowest BCUT2D eigenvalue weighted by atomic mass is 9.97. The van der Waals surface area contributed by atoms with Crippen molar-refractivity contribution in [1.82, 2.24) is 9.80 Å². The molecule has 6 nitrogen and oxygen atoms in total. The average molecular weight is 333 g/mol. The van der Waals surface area contributed by atoms with E-state index >= 15 is 0 Å². The Morgan fingerprint density at radius 2 is 2.04 bits per heavy atom. The lowest BCUT2D eigenvalue weighted by Crippen LogP contribution is -2.47. The van der Waals surface area contributed by atoms with Crippen LogP contribution in [0.5, 0.6) is 5.75 Å². The molecule has 1 aromatic rings. The second-order valence-electron chi connectivity index (χ2n) is 6.45. The quantitative estimate of drug-likeness (QED) is 0.854. The first kappa shape index (κ1) is 18.3. The van der Waals surface area contributed by atoms with E-state index in [2.05, 4.69) is 6.92 Å². The molecule has 0 spiro atoms. The van der Waals surface area contributed by atoms with Gasteiger partial charge in [-0.3, -0.25) is 14.5 Å². The molecule has 0 saturated carbocycles. The van der Waals surface area contributed by atoms with Crippen molar-refractivity contribution in [2.45, 2.75) is 25.8 Å². The van der Waals surface area contributed by atoms with E-state index < -0.39 is 0 Å². The van der Waals surface area contributed by atoms with Crippen LogP contribution in [0.25, 0.3) is 0 Å². The lowest BCUT2D eigenvalue weighted by molar-refractivity contribution is -0.136. The standard InChI is InChI=1S/C18H27N3O3/c1-13(14-6-8-16(24-3)9-7-14)20(2)12-17(22)21-10-4-5-15(11-21)18(19)23/h6-9,13,15H,4-5,10-12H2,1-3H3,(H2,19,23). The van der Waals surface area contributed by atoms with Crippen LogP contribution in [0.1, 0.15) is 31.4 Å². The van der Waals surface area contributed by atoms with Crippen LogP contribution in [0.15, 0.2) is 24.3 Å². The number of piperidine rings is 1. The Labute approximate surface area is 143 Å². The van der Waals surface area contributed by atoms with Gasteiger partial charge >= 0.3 is 0 Å². The summed E-state index contributed by atoms with van der Waals surface area (Å²) < 4.78 is 5.17. The molecule has 2 atom stereocenters. The number of methoxy groups -OCH3 is 1. The Morgan fingerprint density at radius 3 is 2.62 bits per heavy atom. The van der Waals surface area contributed by atoms with Crippen molar-refractivity contribution in [2.75, 3.05) is 33.8 Å². The summed E-state index contributed by atoms with van der Waals surface area (Å²) in [6, 6.07) is 7.97. The number of likely N-dealkylation sites (tertiary alicyclic amines) is 1. The number of carbonyl (C=O) groups excluding carboxylic acids is 2. The largest absolute Gasteiger partial charge is 0.497 e. The van der Waals surface area contributed by atoms with Crippen LogP contribution >= 0.6 is 0 Å². The zero-order valence-electron chi connectivity index (χ0n) is 14.7. The fourth-order valence-corrected chi connectivity index (χ4v) is 3.02. The normalized spacial score (nSPS) is 19.2. The van der Waals surface area contributed by atoms with Gasteiger partial charge in [-0.05, 0) is 44.5 Å². The van der Waals surface area contributed by atoms with Gasteiger partial charge in [0.2, 0.25) is 11.8 Å². The Kier molecular flexibility index (Phi) is 6.20. The van der Waals surface area contributed by atoms with Crippen LogP contribution in [-0.2, 0) is 9.59 Å². The number of benzene rings is 1. The maximum Gasteiger partial charge on any atom is 0.236 e. The van der Waals surface area contributed by atoms with E-state index in [1.54, 1.807) is 12.0 Å². The number of nitrogens with two attached hydrogens (primary N) is 1. The van der Waals surface area contributed by atoms with Crippen molar-refractivity contribution < 1.29 is 14.3 Å². The molecule has 1 fully saturated rings. The van der Waals surface area contributed by atoms with Gasteiger partial charge in [-0.25, -0.2) is 0 Å². The van der Waals surface area contributed by atoms with Gasteiger partial charge in [-0.1, -0.05) is 12.1 Å². The van der Waals surface area contributed by atoms with Gasteiger partial charge in [0.25, 0.3) is 0 Å². The Morgan fingerprint density at radius 1 is 1.38 bits per heavy atom. The molecule has 2 amide bonds. The van der Waals surface area contributed by atoms with E-state index in [0.29, 0.717) is 19.6 Å². The highest BCUT2D eigenvalue weighted by Gasteiger charge is 2.28. The summed E-state index contributed by atoms with van der Waals surface area (Å²) in [7, 11) is 3.57. The molecule has 2 unspecified atom stereocenters. The van der Waals surface area contributed by atoms with E-state index in [9.17, 15) is 9.59 Å². The van der Waals surface area contributed by atoms with E-state index in [1.807, 2.05) is 36.2 Å². The number of hydrogen-bond acceptors (Lipinski definition) is 4. The Bertz CT molecular complexity index is 573. The molecule has 1 aliphatic heterocycles. The molecular formula is C18H27N3O3. The zero-order chi connectivity index (χ0) is 17.7. The SMILES string of the molecule is COc1ccc(C(C)N(C)CC(=O)N2CCCC(C(N)=O)C2)cc1. The van der Waals surface area contributed by atoms with Crippen molar-refractivity contribution >= 4 is 11.8 Å². The van der Waals surface area contributed by atoms with Crippen molar-refractivity contribution in [3.8, 4) is 5.75 Å². The van der Waals surface area contributed by atoms with Crippen LogP contribution in [0.2, 0.25) is 0 Å². The van der Waals surface area contributed by atoms with E-state index in [1.165, 1.54) is 0 Å². The minimum Gasteiger partial charge on any atom is -0.497 e. The summed E-state index contributed by atoms with van der Waals surface area (Å²) in [4.78, 5) is 27.7. The van der Waals surface area contributed by atoms with Gasteiger partial charge in [-0.2, -0.15) is 0 Å². The predicted octanol–water partition coefficient (Wildman–Crippen LogP) is 1.41. The molecule has 0 radical (unpaired) electrons. The summed E-state index contributed by atoms with van der Waals surface area (Å²) >= 11 is 0. The molecule has 0 aliphatic carbocycles. The number of primary amides is 1. The minimum atomic E-state index is -0.313. The molecular weight excluding hydrogens is 306 g/mol. The fourth-order valence-electron chi connectivity index (χ4n) is 3.02. The molecule has 0 bridgehead atoms. The van der Waals surface area contributed by atoms with Gasteiger partial charge in [0.15, 0.2) is 0 Å². The van der Waals surface area contributed by atoms with E-state index in [-0.39, 0.29) is 23.8 Å². The van der Waals surface area contributed by atoms with Gasteiger partial charge < -0.3 is 15.4 Å². The second-order valence-corrected chi connectivity index (χ2v) is 6.45. The maximum absolute atomic E-state index is 12.5. The molecule has 1 saturated heterocycles. The van der Waals surface area contributed by atoms with Crippen molar-refractivity contribution in [3.05, 3.63) is 29.8 Å². The summed E-state index contributed by atoms with van der Waals surface area (Å²) in [6.07, 6.45) is 1.61. The maximum atomic E-state index is 12.5. The lowest BCUT2D eigenvalue weighted by Gasteiger charge is -2.33. The minimum absolute atomic E-state index is 0.0452. The number of ether oxygens (including phenoxy) is 1. The second kappa shape index (κ2) is 8.15. The molecule has 132 valence electrons. The topological polar surface area (TPSA) is 75.9 Å². The monoisotopic (exact) mass is 333 g/mol. The number of likely N-dealkylation sites (N-methyl/N-ethyl adjacent to an activating group) is 1. The molecule has 1 aromatic carbocycles. The Hall–Kier alpha value is -2.08. The summed E-state index contributed by atoms with van der Waals surface area (Å²) in [5.74, 6) is 0.332. The molecule has 1 heterocycles. The fraction of sp³-hybridized carbons (Fsp3) is 0.556. The number of carbonyl (C=O) groups is 2. The third-order valence-corrected chi connectivity index (χ3v) is 4.82. The van der Waals surface area contributed by atoms with E-state index in [0.717, 1.165) is 24.2 Å². The molecule has 0 aromatic heterocycles. The van der Waals surface area contributed by atoms with Gasteiger partial charge in [0.05, 0.1) is 19.6 Å². The third-order valence-electron chi connectivity index (χ3n) is 4.82. The highest BCUT2D eigenvalue weighted by molar-refractivity contribution is 5.81. The first-order valence-corrected chi connectivity index (χ1v) is 8.33. The van der Waals surface area contributed by atoms with Crippen LogP contribution < -0.4 is 10.5 Å². The first-order chi connectivity index (χ1) is 11.4. The van der Waals surface area contributed by atoms with E-state index in [4.69, 9.17) is 10.5 Å². The number of amides is 2. The molecule has 2 rings (SSSR count). The predicted molar refractivity (Wildman–Crippen MR) is 92.5 cm³/mol. The Balaban J connectivity index is 1.93. The highest BCUT2D eigenvalue weighted by atomic mass is 16.5. The van der Waals surface area contributed by atoms with Gasteiger partial charge in [0.1, 0.15) is 5.75 Å². The molecule has 1 aliphatic rings. The highest BCUT2D eigenvalue weighted by Crippen LogP contribution is 2.22. The van der Waals surface area contributed by atoms with Crippen LogP contribution in [0.4, 0.5) is 0 Å². The molecule has 6 heteroatoms. The van der Waals surface area contributed by atoms with Gasteiger partial charge in [-0.15, -0.1) is 0 Å². The third kappa shape index (κ3) is 4.47. The number of rotatable bonds is 6. The van der Waals surface area contributed by atoms with Crippen molar-refractivity contribution in [3.63, 3.8) is 0 Å². The summed E-state index contributed by atoms with van der Waals surface area (Å²) in [5.41, 5.74) is 6.51. The zero-order valence-corrected chi connectivity index (χ0v) is 14.7. The first-order valence-electron chi connectivity index (χ1n) is 8.33. The van der Waals surface area contributed by atoms with Crippen LogP contribution in [0.3, 0.4) is 0 Å². The van der Waals surface area contributed by atoms with Gasteiger partial charge in [0, 0.05) is 19.1 Å². The average Bonchev–Trinajstić information content (AvgIpc) is 2.61. The van der Waals surface area contributed by atoms with Crippen molar-refractivity contribution in [2.24, 2.45) is 11.7 Å². The smallest absolute Gasteiger partial charge is 0.236 e. The molecule has 2 N–H and O–H groups in total.